The molecule has 6 heteroatoms. The lowest BCUT2D eigenvalue weighted by molar-refractivity contribution is -0.118. The third-order valence-electron chi connectivity index (χ3n) is 3.28. The van der Waals surface area contributed by atoms with Crippen LogP contribution in [0.15, 0.2) is 29.4 Å². The number of rotatable bonds is 3. The first-order valence-corrected chi connectivity index (χ1v) is 6.98. The zero-order valence-electron chi connectivity index (χ0n) is 10.8. The average Bonchev–Trinajstić information content (AvgIpc) is 3.24. The van der Waals surface area contributed by atoms with E-state index in [4.69, 9.17) is 11.6 Å². The largest absolute Gasteiger partial charge is 0.348 e. The van der Waals surface area contributed by atoms with Crippen molar-refractivity contribution < 1.29 is 9.59 Å². The Hall–Kier alpha value is -1.88. The number of benzene rings is 1. The zero-order valence-corrected chi connectivity index (χ0v) is 11.6. The Morgan fingerprint density at radius 1 is 1.25 bits per heavy atom. The van der Waals surface area contributed by atoms with Crippen molar-refractivity contribution in [2.75, 3.05) is 5.01 Å². The van der Waals surface area contributed by atoms with Crippen molar-refractivity contribution in [1.29, 1.82) is 0 Å². The third kappa shape index (κ3) is 2.82. The van der Waals surface area contributed by atoms with Gasteiger partial charge in [-0.3, -0.25) is 9.59 Å². The van der Waals surface area contributed by atoms with Gasteiger partial charge >= 0.3 is 0 Å². The SMILES string of the molecule is O=C(NC1CC1)C1=NN(c2ccc(Cl)cc2)C(=O)CC1. The van der Waals surface area contributed by atoms with Crippen molar-refractivity contribution in [3.8, 4) is 0 Å². The van der Waals surface area contributed by atoms with Gasteiger partial charge in [-0.15, -0.1) is 0 Å². The predicted molar refractivity (Wildman–Crippen MR) is 76.8 cm³/mol. The molecular weight excluding hydrogens is 278 g/mol. The molecule has 3 rings (SSSR count). The Morgan fingerprint density at radius 2 is 1.95 bits per heavy atom. The van der Waals surface area contributed by atoms with E-state index in [9.17, 15) is 9.59 Å². The number of amides is 2. The molecule has 2 amide bonds. The summed E-state index contributed by atoms with van der Waals surface area (Å²) in [6.45, 7) is 0. The summed E-state index contributed by atoms with van der Waals surface area (Å²) in [5, 5.41) is 8.95. The summed E-state index contributed by atoms with van der Waals surface area (Å²) >= 11 is 5.83. The van der Waals surface area contributed by atoms with Crippen molar-refractivity contribution in [2.45, 2.75) is 31.7 Å². The Balaban J connectivity index is 1.82. The molecule has 1 saturated carbocycles. The highest BCUT2D eigenvalue weighted by Crippen LogP contribution is 2.23. The standard InChI is InChI=1S/C14H14ClN3O2/c15-9-1-5-11(6-2-9)18-13(19)8-7-12(17-18)14(20)16-10-3-4-10/h1-2,5-6,10H,3-4,7-8H2,(H,16,20). The molecule has 0 atom stereocenters. The van der Waals surface area contributed by atoms with Gasteiger partial charge in [0, 0.05) is 23.9 Å². The van der Waals surface area contributed by atoms with E-state index in [-0.39, 0.29) is 17.9 Å². The van der Waals surface area contributed by atoms with Crippen LogP contribution in [0.4, 0.5) is 5.69 Å². The molecule has 0 bridgehead atoms. The summed E-state index contributed by atoms with van der Waals surface area (Å²) in [7, 11) is 0. The summed E-state index contributed by atoms with van der Waals surface area (Å²) < 4.78 is 0. The second kappa shape index (κ2) is 5.25. The molecule has 104 valence electrons. The number of carbonyl (C=O) groups is 2. The van der Waals surface area contributed by atoms with Crippen LogP contribution in [0.2, 0.25) is 5.02 Å². The second-order valence-electron chi connectivity index (χ2n) is 4.98. The van der Waals surface area contributed by atoms with E-state index < -0.39 is 0 Å². The number of hydrazone groups is 1. The summed E-state index contributed by atoms with van der Waals surface area (Å²) in [5.41, 5.74) is 1.03. The van der Waals surface area contributed by atoms with Gasteiger partial charge in [0.15, 0.2) is 0 Å². The highest BCUT2D eigenvalue weighted by molar-refractivity contribution is 6.40. The van der Waals surface area contributed by atoms with Gasteiger partial charge < -0.3 is 5.32 Å². The second-order valence-corrected chi connectivity index (χ2v) is 5.41. The first-order valence-electron chi connectivity index (χ1n) is 6.60. The van der Waals surface area contributed by atoms with Crippen molar-refractivity contribution in [3.63, 3.8) is 0 Å². The topological polar surface area (TPSA) is 61.8 Å². The number of halogens is 1. The van der Waals surface area contributed by atoms with Gasteiger partial charge in [0.1, 0.15) is 5.71 Å². The van der Waals surface area contributed by atoms with E-state index in [1.54, 1.807) is 24.3 Å². The Kier molecular flexibility index (Phi) is 3.44. The molecule has 2 aliphatic rings. The van der Waals surface area contributed by atoms with Crippen LogP contribution in [-0.2, 0) is 9.59 Å². The van der Waals surface area contributed by atoms with Gasteiger partial charge in [-0.1, -0.05) is 11.6 Å². The zero-order chi connectivity index (χ0) is 14.1. The van der Waals surface area contributed by atoms with Crippen LogP contribution in [0, 0.1) is 0 Å². The van der Waals surface area contributed by atoms with Crippen LogP contribution in [0.3, 0.4) is 0 Å². The highest BCUT2D eigenvalue weighted by atomic mass is 35.5. The van der Waals surface area contributed by atoms with Crippen molar-refractivity contribution in [3.05, 3.63) is 29.3 Å². The number of carbonyl (C=O) groups excluding carboxylic acids is 2. The number of nitrogens with one attached hydrogen (secondary N) is 1. The van der Waals surface area contributed by atoms with Crippen LogP contribution in [0.25, 0.3) is 0 Å². The molecule has 1 aliphatic carbocycles. The van der Waals surface area contributed by atoms with E-state index >= 15 is 0 Å². The van der Waals surface area contributed by atoms with Gasteiger partial charge in [-0.25, -0.2) is 5.01 Å². The Morgan fingerprint density at radius 3 is 2.60 bits per heavy atom. The molecule has 0 aromatic heterocycles. The molecule has 0 saturated heterocycles. The van der Waals surface area contributed by atoms with E-state index in [0.717, 1.165) is 12.8 Å². The third-order valence-corrected chi connectivity index (χ3v) is 3.53. The molecule has 0 unspecified atom stereocenters. The molecule has 0 spiro atoms. The molecule has 1 fully saturated rings. The fraction of sp³-hybridized carbons (Fsp3) is 0.357. The quantitative estimate of drug-likeness (QED) is 0.927. The van der Waals surface area contributed by atoms with E-state index in [2.05, 4.69) is 10.4 Å². The van der Waals surface area contributed by atoms with E-state index in [0.29, 0.717) is 29.3 Å². The number of nitrogens with zero attached hydrogens (tertiary/aromatic N) is 2. The molecule has 5 nitrogen and oxygen atoms in total. The molecule has 1 aliphatic heterocycles. The minimum atomic E-state index is -0.168. The maximum absolute atomic E-state index is 12.0. The first-order chi connectivity index (χ1) is 9.63. The normalized spacial score (nSPS) is 18.8. The van der Waals surface area contributed by atoms with Crippen molar-refractivity contribution in [2.24, 2.45) is 5.10 Å². The van der Waals surface area contributed by atoms with Gasteiger partial charge in [0.25, 0.3) is 5.91 Å². The van der Waals surface area contributed by atoms with Crippen LogP contribution in [-0.4, -0.2) is 23.6 Å². The summed E-state index contributed by atoms with van der Waals surface area (Å²) in [6, 6.07) is 7.10. The Labute approximate surface area is 121 Å². The fourth-order valence-electron chi connectivity index (χ4n) is 2.00. The van der Waals surface area contributed by atoms with Crippen LogP contribution >= 0.6 is 11.6 Å². The van der Waals surface area contributed by atoms with Crippen molar-refractivity contribution >= 4 is 34.8 Å². The summed E-state index contributed by atoms with van der Waals surface area (Å²) in [5.74, 6) is -0.283. The lowest BCUT2D eigenvalue weighted by Gasteiger charge is -2.23. The molecule has 1 aromatic rings. The van der Waals surface area contributed by atoms with E-state index in [1.165, 1.54) is 5.01 Å². The molecule has 20 heavy (non-hydrogen) atoms. The highest BCUT2D eigenvalue weighted by Gasteiger charge is 2.29. The molecular formula is C14H14ClN3O2. The Bertz CT molecular complexity index is 579. The first kappa shape index (κ1) is 13.1. The fourth-order valence-corrected chi connectivity index (χ4v) is 2.12. The maximum atomic E-state index is 12.0. The van der Waals surface area contributed by atoms with Gasteiger partial charge in [-0.2, -0.15) is 5.10 Å². The van der Waals surface area contributed by atoms with Crippen LogP contribution < -0.4 is 10.3 Å². The van der Waals surface area contributed by atoms with Crippen molar-refractivity contribution in [1.82, 2.24) is 5.32 Å². The lowest BCUT2D eigenvalue weighted by atomic mass is 10.1. The minimum absolute atomic E-state index is 0.115. The number of hydrogen-bond donors (Lipinski definition) is 1. The molecule has 1 N–H and O–H groups in total. The monoisotopic (exact) mass is 291 g/mol. The van der Waals surface area contributed by atoms with Crippen LogP contribution in [0.5, 0.6) is 0 Å². The van der Waals surface area contributed by atoms with E-state index in [1.807, 2.05) is 0 Å². The summed E-state index contributed by atoms with van der Waals surface area (Å²) in [4.78, 5) is 23.9. The molecule has 1 heterocycles. The number of anilines is 1. The lowest BCUT2D eigenvalue weighted by Crippen LogP contribution is -2.39. The van der Waals surface area contributed by atoms with Gasteiger partial charge in [0.2, 0.25) is 5.91 Å². The van der Waals surface area contributed by atoms with Gasteiger partial charge in [-0.05, 0) is 37.1 Å². The van der Waals surface area contributed by atoms with Crippen LogP contribution in [0.1, 0.15) is 25.7 Å². The minimum Gasteiger partial charge on any atom is -0.348 e. The van der Waals surface area contributed by atoms with Gasteiger partial charge in [0.05, 0.1) is 5.69 Å². The average molecular weight is 292 g/mol. The molecule has 0 radical (unpaired) electrons. The predicted octanol–water partition coefficient (Wildman–Crippen LogP) is 2.10. The summed E-state index contributed by atoms with van der Waals surface area (Å²) in [6.07, 6.45) is 2.73. The smallest absolute Gasteiger partial charge is 0.267 e. The maximum Gasteiger partial charge on any atom is 0.267 e. The number of hydrogen-bond acceptors (Lipinski definition) is 3. The molecule has 1 aromatic carbocycles.